The van der Waals surface area contributed by atoms with E-state index in [4.69, 9.17) is 0 Å². The molecule has 1 aliphatic rings. The highest BCUT2D eigenvalue weighted by Gasteiger charge is 2.30. The standard InChI is InChI=1S/C10H19NO2.C2H6/c1-8(2)9(12)11-6-4-10(3,13)5-7-11;1-2/h8,13H,4-7H2,1-3H3;1-2H3. The fourth-order valence-electron chi connectivity index (χ4n) is 1.57. The summed E-state index contributed by atoms with van der Waals surface area (Å²) >= 11 is 0. The number of carbonyl (C=O) groups excluding carboxylic acids is 1. The Morgan fingerprint density at radius 1 is 1.27 bits per heavy atom. The number of aliphatic hydroxyl groups is 1. The maximum absolute atomic E-state index is 11.6. The van der Waals surface area contributed by atoms with Crippen LogP contribution >= 0.6 is 0 Å². The summed E-state index contributed by atoms with van der Waals surface area (Å²) in [5.41, 5.74) is -0.562. The van der Waals surface area contributed by atoms with E-state index < -0.39 is 5.60 Å². The quantitative estimate of drug-likeness (QED) is 0.727. The molecule has 3 nitrogen and oxygen atoms in total. The molecule has 1 heterocycles. The molecule has 1 N–H and O–H groups in total. The molecule has 0 atom stereocenters. The van der Waals surface area contributed by atoms with Crippen LogP contribution in [-0.2, 0) is 4.79 Å². The third kappa shape index (κ3) is 4.65. The minimum absolute atomic E-state index is 0.0723. The average Bonchev–Trinajstić information content (AvgIpc) is 2.20. The number of piperidine rings is 1. The predicted molar refractivity (Wildman–Crippen MR) is 62.6 cm³/mol. The average molecular weight is 215 g/mol. The van der Waals surface area contributed by atoms with Gasteiger partial charge in [0.25, 0.3) is 0 Å². The Hall–Kier alpha value is -0.570. The molecule has 1 amide bonds. The van der Waals surface area contributed by atoms with Crippen LogP contribution in [0.1, 0.15) is 47.5 Å². The summed E-state index contributed by atoms with van der Waals surface area (Å²) in [7, 11) is 0. The summed E-state index contributed by atoms with van der Waals surface area (Å²) in [6.45, 7) is 11.1. The van der Waals surface area contributed by atoms with Crippen LogP contribution in [0.3, 0.4) is 0 Å². The van der Waals surface area contributed by atoms with E-state index in [1.165, 1.54) is 0 Å². The fourth-order valence-corrected chi connectivity index (χ4v) is 1.57. The van der Waals surface area contributed by atoms with Crippen molar-refractivity contribution in [2.24, 2.45) is 5.92 Å². The molecule has 0 aliphatic carbocycles. The number of hydrogen-bond donors (Lipinski definition) is 1. The molecule has 0 saturated carbocycles. The zero-order chi connectivity index (χ0) is 12.1. The molecule has 1 rings (SSSR count). The van der Waals surface area contributed by atoms with E-state index >= 15 is 0 Å². The first-order valence-electron chi connectivity index (χ1n) is 5.93. The Bertz CT molecular complexity index is 190. The van der Waals surface area contributed by atoms with E-state index in [1.54, 1.807) is 0 Å². The van der Waals surface area contributed by atoms with Gasteiger partial charge in [0.15, 0.2) is 0 Å². The van der Waals surface area contributed by atoms with E-state index in [0.717, 1.165) is 0 Å². The van der Waals surface area contributed by atoms with E-state index in [0.29, 0.717) is 25.9 Å². The Labute approximate surface area is 93.5 Å². The van der Waals surface area contributed by atoms with E-state index in [2.05, 4.69) is 0 Å². The van der Waals surface area contributed by atoms with Gasteiger partial charge in [0, 0.05) is 19.0 Å². The van der Waals surface area contributed by atoms with Gasteiger partial charge in [0.2, 0.25) is 5.91 Å². The second-order valence-electron chi connectivity index (χ2n) is 4.48. The van der Waals surface area contributed by atoms with Crippen molar-refractivity contribution in [3.05, 3.63) is 0 Å². The van der Waals surface area contributed by atoms with Crippen LogP contribution in [0.4, 0.5) is 0 Å². The van der Waals surface area contributed by atoms with Gasteiger partial charge >= 0.3 is 0 Å². The summed E-state index contributed by atoms with van der Waals surface area (Å²) in [5.74, 6) is 0.276. The third-order valence-corrected chi connectivity index (χ3v) is 2.65. The third-order valence-electron chi connectivity index (χ3n) is 2.65. The van der Waals surface area contributed by atoms with Gasteiger partial charge in [-0.2, -0.15) is 0 Å². The maximum Gasteiger partial charge on any atom is 0.225 e. The first-order chi connectivity index (χ1) is 6.92. The van der Waals surface area contributed by atoms with Crippen molar-refractivity contribution < 1.29 is 9.90 Å². The summed E-state index contributed by atoms with van der Waals surface area (Å²) < 4.78 is 0. The molecule has 1 saturated heterocycles. The van der Waals surface area contributed by atoms with Gasteiger partial charge in [-0.15, -0.1) is 0 Å². The van der Waals surface area contributed by atoms with Gasteiger partial charge in [0.05, 0.1) is 5.60 Å². The molecular weight excluding hydrogens is 190 g/mol. The molecule has 3 heteroatoms. The van der Waals surface area contributed by atoms with Gasteiger partial charge in [-0.05, 0) is 19.8 Å². The number of hydrogen-bond acceptors (Lipinski definition) is 2. The predicted octanol–water partition coefficient (Wildman–Crippen LogP) is 2.04. The van der Waals surface area contributed by atoms with E-state index in [1.807, 2.05) is 39.5 Å². The normalized spacial score (nSPS) is 19.5. The Morgan fingerprint density at radius 3 is 2.00 bits per heavy atom. The number of nitrogens with zero attached hydrogens (tertiary/aromatic N) is 1. The molecule has 0 spiro atoms. The zero-order valence-electron chi connectivity index (χ0n) is 10.7. The first-order valence-corrected chi connectivity index (χ1v) is 5.93. The molecule has 0 aromatic carbocycles. The first kappa shape index (κ1) is 14.4. The summed E-state index contributed by atoms with van der Waals surface area (Å²) in [6.07, 6.45) is 1.40. The largest absolute Gasteiger partial charge is 0.390 e. The van der Waals surface area contributed by atoms with Gasteiger partial charge in [-0.1, -0.05) is 27.7 Å². The van der Waals surface area contributed by atoms with Crippen molar-refractivity contribution in [3.8, 4) is 0 Å². The van der Waals surface area contributed by atoms with E-state index in [9.17, 15) is 9.90 Å². The molecule has 1 fully saturated rings. The molecule has 1 aliphatic heterocycles. The van der Waals surface area contributed by atoms with Crippen molar-refractivity contribution >= 4 is 5.91 Å². The number of amides is 1. The van der Waals surface area contributed by atoms with Crippen molar-refractivity contribution in [1.82, 2.24) is 4.90 Å². The van der Waals surface area contributed by atoms with Crippen LogP contribution in [0, 0.1) is 5.92 Å². The van der Waals surface area contributed by atoms with Crippen LogP contribution in [-0.4, -0.2) is 34.6 Å². The fraction of sp³-hybridized carbons (Fsp3) is 0.917. The second kappa shape index (κ2) is 6.11. The topological polar surface area (TPSA) is 40.5 Å². The molecule has 90 valence electrons. The maximum atomic E-state index is 11.6. The van der Waals surface area contributed by atoms with Crippen LogP contribution in [0.25, 0.3) is 0 Å². The minimum Gasteiger partial charge on any atom is -0.390 e. The summed E-state index contributed by atoms with van der Waals surface area (Å²) in [4.78, 5) is 13.4. The van der Waals surface area contributed by atoms with Crippen molar-refractivity contribution in [1.29, 1.82) is 0 Å². The Kier molecular flexibility index (Phi) is 5.88. The number of rotatable bonds is 1. The lowest BCUT2D eigenvalue weighted by molar-refractivity contribution is -0.138. The van der Waals surface area contributed by atoms with Crippen LogP contribution in [0.5, 0.6) is 0 Å². The lowest BCUT2D eigenvalue weighted by Gasteiger charge is -2.36. The second-order valence-corrected chi connectivity index (χ2v) is 4.48. The molecular formula is C12H25NO2. The van der Waals surface area contributed by atoms with Gasteiger partial charge < -0.3 is 10.0 Å². The SMILES string of the molecule is CC.CC(C)C(=O)N1CCC(C)(O)CC1. The lowest BCUT2D eigenvalue weighted by Crippen LogP contribution is -2.46. The number of carbonyl (C=O) groups is 1. The minimum atomic E-state index is -0.562. The molecule has 0 bridgehead atoms. The van der Waals surface area contributed by atoms with Crippen LogP contribution in [0.2, 0.25) is 0 Å². The van der Waals surface area contributed by atoms with Gasteiger partial charge in [0.1, 0.15) is 0 Å². The highest BCUT2D eigenvalue weighted by Crippen LogP contribution is 2.21. The highest BCUT2D eigenvalue weighted by atomic mass is 16.3. The molecule has 0 aromatic heterocycles. The van der Waals surface area contributed by atoms with Crippen LogP contribution in [0.15, 0.2) is 0 Å². The highest BCUT2D eigenvalue weighted by molar-refractivity contribution is 5.78. The van der Waals surface area contributed by atoms with E-state index in [-0.39, 0.29) is 11.8 Å². The van der Waals surface area contributed by atoms with Gasteiger partial charge in [-0.25, -0.2) is 0 Å². The lowest BCUT2D eigenvalue weighted by atomic mass is 9.93. The van der Waals surface area contributed by atoms with Gasteiger partial charge in [-0.3, -0.25) is 4.79 Å². The Morgan fingerprint density at radius 2 is 1.67 bits per heavy atom. The van der Waals surface area contributed by atoms with Crippen LogP contribution < -0.4 is 0 Å². The molecule has 15 heavy (non-hydrogen) atoms. The zero-order valence-corrected chi connectivity index (χ0v) is 10.7. The molecule has 0 aromatic rings. The van der Waals surface area contributed by atoms with Crippen molar-refractivity contribution in [3.63, 3.8) is 0 Å². The molecule has 0 unspecified atom stereocenters. The summed E-state index contributed by atoms with van der Waals surface area (Å²) in [6, 6.07) is 0. The van der Waals surface area contributed by atoms with Crippen molar-refractivity contribution in [2.45, 2.75) is 53.1 Å². The monoisotopic (exact) mass is 215 g/mol. The Balaban J connectivity index is 0.000000921. The molecule has 0 radical (unpaired) electrons. The summed E-state index contributed by atoms with van der Waals surface area (Å²) in [5, 5.41) is 9.67. The number of likely N-dealkylation sites (tertiary alicyclic amines) is 1. The van der Waals surface area contributed by atoms with Crippen molar-refractivity contribution in [2.75, 3.05) is 13.1 Å². The smallest absolute Gasteiger partial charge is 0.225 e.